The van der Waals surface area contributed by atoms with Gasteiger partial charge >= 0.3 is 0 Å². The Balaban J connectivity index is 0.000000527. The van der Waals surface area contributed by atoms with Gasteiger partial charge in [-0.3, -0.25) is 0 Å². The number of aliphatic hydroxyl groups excluding tert-OH is 1. The maximum atomic E-state index is 9.03. The van der Waals surface area contributed by atoms with Crippen LogP contribution in [0.3, 0.4) is 0 Å². The van der Waals surface area contributed by atoms with E-state index in [9.17, 15) is 0 Å². The van der Waals surface area contributed by atoms with Gasteiger partial charge in [0.2, 0.25) is 0 Å². The van der Waals surface area contributed by atoms with Crippen molar-refractivity contribution >= 4 is 17.4 Å². The molecule has 2 fully saturated rings. The topological polar surface area (TPSA) is 26.7 Å². The maximum Gasteiger partial charge on any atom is 0.0932 e. The summed E-state index contributed by atoms with van der Waals surface area (Å²) in [5, 5.41) is 9.03. The summed E-state index contributed by atoms with van der Waals surface area (Å²) in [6.07, 6.45) is 9.72. The van der Waals surface area contributed by atoms with E-state index in [1.807, 2.05) is 32.9 Å². The molecule has 0 aliphatic carbocycles. The van der Waals surface area contributed by atoms with Crippen molar-refractivity contribution in [3.63, 3.8) is 0 Å². The van der Waals surface area contributed by atoms with Gasteiger partial charge in [0.15, 0.2) is 0 Å². The Bertz CT molecular complexity index is 576. The number of benzene rings is 1. The number of thioether (sulfide) groups is 1. The summed E-state index contributed by atoms with van der Waals surface area (Å²) in [5.41, 5.74) is 1.30. The van der Waals surface area contributed by atoms with Crippen LogP contribution in [0.15, 0.2) is 54.0 Å². The monoisotopic (exact) mass is 418 g/mol. The summed E-state index contributed by atoms with van der Waals surface area (Å²) in [6, 6.07) is 8.55. The van der Waals surface area contributed by atoms with E-state index in [2.05, 4.69) is 47.6 Å². The highest BCUT2D eigenvalue weighted by Gasteiger charge is 2.29. The van der Waals surface area contributed by atoms with E-state index in [0.29, 0.717) is 0 Å². The van der Waals surface area contributed by atoms with Gasteiger partial charge in [0.25, 0.3) is 0 Å². The number of nitrogens with zero attached hydrogens (tertiary/aromatic N) is 2. The Hall–Kier alpha value is -1.23. The lowest BCUT2D eigenvalue weighted by molar-refractivity contribution is 0.148. The van der Waals surface area contributed by atoms with E-state index < -0.39 is 0 Å². The largest absolute Gasteiger partial charge is 0.385 e. The van der Waals surface area contributed by atoms with Gasteiger partial charge in [-0.15, -0.1) is 0 Å². The van der Waals surface area contributed by atoms with E-state index in [0.717, 1.165) is 16.7 Å². The molecule has 2 aliphatic heterocycles. The maximum absolute atomic E-state index is 9.03. The van der Waals surface area contributed by atoms with Crippen molar-refractivity contribution in [3.05, 3.63) is 49.1 Å². The van der Waals surface area contributed by atoms with Crippen molar-refractivity contribution in [2.75, 3.05) is 43.6 Å². The fourth-order valence-electron chi connectivity index (χ4n) is 3.82. The van der Waals surface area contributed by atoms with Crippen LogP contribution < -0.4 is 4.90 Å². The second-order valence-corrected chi connectivity index (χ2v) is 8.47. The molecule has 0 bridgehead atoms. The third kappa shape index (κ3) is 9.41. The molecule has 164 valence electrons. The van der Waals surface area contributed by atoms with E-state index in [4.69, 9.17) is 5.11 Å². The number of rotatable bonds is 7. The molecule has 0 saturated carbocycles. The van der Waals surface area contributed by atoms with Crippen LogP contribution >= 0.6 is 11.8 Å². The highest BCUT2D eigenvalue weighted by atomic mass is 32.2. The zero-order valence-electron chi connectivity index (χ0n) is 19.0. The zero-order chi connectivity index (χ0) is 21.5. The normalized spacial score (nSPS) is 17.8. The van der Waals surface area contributed by atoms with Gasteiger partial charge in [0.1, 0.15) is 0 Å². The number of anilines is 1. The van der Waals surface area contributed by atoms with Crippen LogP contribution in [-0.4, -0.2) is 48.7 Å². The minimum Gasteiger partial charge on any atom is -0.385 e. The quantitative estimate of drug-likeness (QED) is 0.331. The lowest BCUT2D eigenvalue weighted by Crippen LogP contribution is -2.52. The SMILES string of the molecule is C=C/C=C\C.CC.CCC1CCN(CC2CN(c3cccc(SCO)c3)C2)CC1. The summed E-state index contributed by atoms with van der Waals surface area (Å²) in [5.74, 6) is 1.95. The predicted molar refractivity (Wildman–Crippen MR) is 131 cm³/mol. The molecule has 29 heavy (non-hydrogen) atoms. The molecule has 1 N–H and O–H groups in total. The molecule has 3 nitrogen and oxygen atoms in total. The second kappa shape index (κ2) is 15.6. The van der Waals surface area contributed by atoms with Crippen molar-refractivity contribution in [1.82, 2.24) is 4.90 Å². The standard InChI is InChI=1S/C18H28N2OS.C5H8.C2H6/c1-2-15-6-8-19(9-7-15)11-16-12-20(13-16)17-4-3-5-18(10-17)22-14-21;1-3-5-4-2;1-2/h3-5,10,15-16,21H,2,6-9,11-14H2,1H3;3-5H,1H2,2H3;1-2H3/b;5-4-;. The summed E-state index contributed by atoms with van der Waals surface area (Å²) in [7, 11) is 0. The van der Waals surface area contributed by atoms with Crippen molar-refractivity contribution in [2.24, 2.45) is 11.8 Å². The number of hydrogen-bond donors (Lipinski definition) is 1. The molecule has 4 heteroatoms. The van der Waals surface area contributed by atoms with Gasteiger partial charge in [-0.1, -0.05) is 69.8 Å². The van der Waals surface area contributed by atoms with Gasteiger partial charge in [-0.2, -0.15) is 0 Å². The Morgan fingerprint density at radius 3 is 2.38 bits per heavy atom. The van der Waals surface area contributed by atoms with E-state index in [1.165, 1.54) is 69.4 Å². The molecule has 0 radical (unpaired) electrons. The van der Waals surface area contributed by atoms with Gasteiger partial charge in [-0.25, -0.2) is 0 Å². The first kappa shape index (κ1) is 25.8. The van der Waals surface area contributed by atoms with E-state index >= 15 is 0 Å². The fourth-order valence-corrected chi connectivity index (χ4v) is 4.35. The molecule has 0 spiro atoms. The minimum absolute atomic E-state index is 0.153. The van der Waals surface area contributed by atoms with Crippen molar-refractivity contribution in [3.8, 4) is 0 Å². The Labute approximate surface area is 183 Å². The molecular weight excluding hydrogens is 376 g/mol. The summed E-state index contributed by atoms with van der Waals surface area (Å²) in [4.78, 5) is 6.29. The van der Waals surface area contributed by atoms with Crippen LogP contribution in [0.2, 0.25) is 0 Å². The zero-order valence-corrected chi connectivity index (χ0v) is 19.8. The Morgan fingerprint density at radius 1 is 1.17 bits per heavy atom. The number of hydrogen-bond acceptors (Lipinski definition) is 4. The average Bonchev–Trinajstić information content (AvgIpc) is 2.74. The minimum atomic E-state index is 0.153. The van der Waals surface area contributed by atoms with Crippen molar-refractivity contribution < 1.29 is 5.11 Å². The number of piperidine rings is 1. The molecule has 3 rings (SSSR count). The first-order valence-corrected chi connectivity index (χ1v) is 12.2. The Kier molecular flexibility index (Phi) is 13.9. The average molecular weight is 419 g/mol. The fraction of sp³-hybridized carbons (Fsp3) is 0.600. The predicted octanol–water partition coefficient (Wildman–Crippen LogP) is 6.06. The highest BCUT2D eigenvalue weighted by molar-refractivity contribution is 7.99. The second-order valence-electron chi connectivity index (χ2n) is 7.46. The molecule has 0 amide bonds. The summed E-state index contributed by atoms with van der Waals surface area (Å²) >= 11 is 1.49. The van der Waals surface area contributed by atoms with Crippen molar-refractivity contribution in [1.29, 1.82) is 0 Å². The van der Waals surface area contributed by atoms with Gasteiger partial charge in [-0.05, 0) is 57.0 Å². The molecule has 0 unspecified atom stereocenters. The van der Waals surface area contributed by atoms with Crippen LogP contribution in [0.5, 0.6) is 0 Å². The molecule has 1 aromatic rings. The van der Waals surface area contributed by atoms with E-state index in [1.54, 1.807) is 6.08 Å². The lowest BCUT2D eigenvalue weighted by Gasteiger charge is -2.44. The van der Waals surface area contributed by atoms with E-state index in [-0.39, 0.29) is 5.94 Å². The molecule has 2 heterocycles. The highest BCUT2D eigenvalue weighted by Crippen LogP contribution is 2.29. The summed E-state index contributed by atoms with van der Waals surface area (Å²) in [6.45, 7) is 18.0. The Morgan fingerprint density at radius 2 is 1.86 bits per heavy atom. The van der Waals surface area contributed by atoms with Crippen LogP contribution in [0.1, 0.15) is 47.0 Å². The third-order valence-corrected chi connectivity index (χ3v) is 6.22. The smallest absolute Gasteiger partial charge is 0.0932 e. The summed E-state index contributed by atoms with van der Waals surface area (Å²) < 4.78 is 0. The van der Waals surface area contributed by atoms with Crippen LogP contribution in [0.25, 0.3) is 0 Å². The van der Waals surface area contributed by atoms with Crippen LogP contribution in [-0.2, 0) is 0 Å². The molecule has 0 atom stereocenters. The third-order valence-electron chi connectivity index (χ3n) is 5.50. The molecular formula is C25H42N2OS. The number of likely N-dealkylation sites (tertiary alicyclic amines) is 1. The van der Waals surface area contributed by atoms with Gasteiger partial charge < -0.3 is 14.9 Å². The van der Waals surface area contributed by atoms with Crippen LogP contribution in [0, 0.1) is 11.8 Å². The first-order chi connectivity index (χ1) is 14.2. The van der Waals surface area contributed by atoms with Gasteiger partial charge in [0.05, 0.1) is 5.94 Å². The van der Waals surface area contributed by atoms with Gasteiger partial charge in [0, 0.05) is 36.1 Å². The first-order valence-electron chi connectivity index (χ1n) is 11.2. The van der Waals surface area contributed by atoms with Crippen molar-refractivity contribution in [2.45, 2.75) is 51.9 Å². The molecule has 2 saturated heterocycles. The molecule has 0 aromatic heterocycles. The molecule has 2 aliphatic rings. The number of aliphatic hydroxyl groups is 1. The van der Waals surface area contributed by atoms with Crippen LogP contribution in [0.4, 0.5) is 5.69 Å². The molecule has 1 aromatic carbocycles. The number of allylic oxidation sites excluding steroid dienone is 3. The lowest BCUT2D eigenvalue weighted by atomic mass is 9.92.